The van der Waals surface area contributed by atoms with Gasteiger partial charge in [-0.2, -0.15) is 5.10 Å². The first-order valence-corrected chi connectivity index (χ1v) is 7.35. The number of phenols is 1. The lowest BCUT2D eigenvalue weighted by molar-refractivity contribution is -0.384. The predicted octanol–water partition coefficient (Wildman–Crippen LogP) is 3.22. The minimum atomic E-state index is -0.738. The molecule has 0 aliphatic rings. The normalized spacial score (nSPS) is 10.9. The summed E-state index contributed by atoms with van der Waals surface area (Å²) in [6.07, 6.45) is 1.48. The molecule has 2 N–H and O–H groups in total. The lowest BCUT2D eigenvalue weighted by Gasteiger charge is -2.04. The Balaban J connectivity index is 1.81. The molecule has 0 atom stereocenters. The van der Waals surface area contributed by atoms with Gasteiger partial charge >= 0.3 is 0 Å². The van der Waals surface area contributed by atoms with Crippen LogP contribution in [-0.4, -0.2) is 22.2 Å². The molecule has 0 spiro atoms. The largest absolute Gasteiger partial charge is 0.507 e. The van der Waals surface area contributed by atoms with E-state index >= 15 is 0 Å². The maximum absolute atomic E-state index is 12.1. The first kappa shape index (κ1) is 16.1. The highest BCUT2D eigenvalue weighted by atomic mass is 16.6. The summed E-state index contributed by atoms with van der Waals surface area (Å²) in [5.41, 5.74) is 2.57. The molecule has 0 fully saturated rings. The van der Waals surface area contributed by atoms with Crippen LogP contribution in [0.2, 0.25) is 0 Å². The number of amides is 1. The molecule has 0 saturated heterocycles. The third-order valence-corrected chi connectivity index (χ3v) is 3.63. The molecule has 0 aliphatic heterocycles. The van der Waals surface area contributed by atoms with Crippen molar-refractivity contribution in [3.05, 3.63) is 81.9 Å². The molecular formula is C18H13N3O4. The van der Waals surface area contributed by atoms with E-state index in [1.54, 1.807) is 0 Å². The van der Waals surface area contributed by atoms with Crippen LogP contribution in [0, 0.1) is 10.1 Å². The quantitative estimate of drug-likeness (QED) is 0.434. The predicted molar refractivity (Wildman–Crippen MR) is 93.8 cm³/mol. The van der Waals surface area contributed by atoms with Gasteiger partial charge in [-0.1, -0.05) is 42.5 Å². The van der Waals surface area contributed by atoms with Crippen LogP contribution >= 0.6 is 0 Å². The number of nitro benzene ring substituents is 1. The van der Waals surface area contributed by atoms with Crippen LogP contribution < -0.4 is 5.43 Å². The van der Waals surface area contributed by atoms with Crippen molar-refractivity contribution in [2.45, 2.75) is 0 Å². The number of hydrazone groups is 1. The number of hydrogen-bond donors (Lipinski definition) is 2. The Morgan fingerprint density at radius 1 is 1.12 bits per heavy atom. The molecule has 124 valence electrons. The van der Waals surface area contributed by atoms with Crippen molar-refractivity contribution in [1.82, 2.24) is 5.43 Å². The van der Waals surface area contributed by atoms with E-state index in [-0.39, 0.29) is 17.0 Å². The SMILES string of the molecule is O=C(N/N=C/c1cccc2ccccc12)c1cc([N+](=O)[O-])ccc1O. The number of nitrogens with one attached hydrogen (secondary N) is 1. The van der Waals surface area contributed by atoms with E-state index in [1.807, 2.05) is 42.5 Å². The number of rotatable bonds is 4. The standard InChI is InChI=1S/C18H13N3O4/c22-17-9-8-14(21(24)25)10-16(17)18(23)20-19-11-13-6-3-5-12-4-1-2-7-15(12)13/h1-11,22H,(H,20,23)/b19-11+. The first-order chi connectivity index (χ1) is 12.1. The van der Waals surface area contributed by atoms with Gasteiger partial charge in [0.05, 0.1) is 16.7 Å². The molecule has 25 heavy (non-hydrogen) atoms. The summed E-state index contributed by atoms with van der Waals surface area (Å²) in [5, 5.41) is 26.4. The number of carbonyl (C=O) groups excluding carboxylic acids is 1. The van der Waals surface area contributed by atoms with Crippen LogP contribution in [0.25, 0.3) is 10.8 Å². The van der Waals surface area contributed by atoms with Crippen LogP contribution in [-0.2, 0) is 0 Å². The van der Waals surface area contributed by atoms with E-state index in [0.29, 0.717) is 0 Å². The molecule has 3 aromatic carbocycles. The van der Waals surface area contributed by atoms with Crippen molar-refractivity contribution in [3.63, 3.8) is 0 Å². The van der Waals surface area contributed by atoms with Crippen molar-refractivity contribution in [2.24, 2.45) is 5.10 Å². The zero-order valence-electron chi connectivity index (χ0n) is 12.9. The van der Waals surface area contributed by atoms with Gasteiger partial charge in [0.15, 0.2) is 0 Å². The third-order valence-electron chi connectivity index (χ3n) is 3.63. The summed E-state index contributed by atoms with van der Waals surface area (Å²) in [6.45, 7) is 0. The highest BCUT2D eigenvalue weighted by molar-refractivity contribution is 6.01. The van der Waals surface area contributed by atoms with Gasteiger partial charge in [-0.05, 0) is 16.8 Å². The van der Waals surface area contributed by atoms with Gasteiger partial charge in [0.2, 0.25) is 0 Å². The second-order valence-electron chi connectivity index (χ2n) is 5.23. The van der Waals surface area contributed by atoms with Gasteiger partial charge in [-0.25, -0.2) is 5.43 Å². The van der Waals surface area contributed by atoms with Gasteiger partial charge < -0.3 is 5.11 Å². The Bertz CT molecular complexity index is 993. The monoisotopic (exact) mass is 335 g/mol. The average molecular weight is 335 g/mol. The molecule has 7 nitrogen and oxygen atoms in total. The highest BCUT2D eigenvalue weighted by Crippen LogP contribution is 2.22. The summed E-state index contributed by atoms with van der Waals surface area (Å²) in [7, 11) is 0. The number of fused-ring (bicyclic) bond motifs is 1. The topological polar surface area (TPSA) is 105 Å². The van der Waals surface area contributed by atoms with Crippen LogP contribution in [0.15, 0.2) is 65.8 Å². The molecule has 0 bridgehead atoms. The number of aromatic hydroxyl groups is 1. The summed E-state index contributed by atoms with van der Waals surface area (Å²) in [5.74, 6) is -1.10. The van der Waals surface area contributed by atoms with E-state index in [2.05, 4.69) is 10.5 Å². The number of hydrogen-bond acceptors (Lipinski definition) is 5. The third kappa shape index (κ3) is 3.45. The van der Waals surface area contributed by atoms with E-state index in [4.69, 9.17) is 0 Å². The second-order valence-corrected chi connectivity index (χ2v) is 5.23. The lowest BCUT2D eigenvalue weighted by Crippen LogP contribution is -2.18. The van der Waals surface area contributed by atoms with E-state index < -0.39 is 10.8 Å². The fourth-order valence-corrected chi connectivity index (χ4v) is 2.40. The molecule has 0 aromatic heterocycles. The van der Waals surface area contributed by atoms with Gasteiger partial charge in [0.1, 0.15) is 5.75 Å². The van der Waals surface area contributed by atoms with Crippen LogP contribution in [0.5, 0.6) is 5.75 Å². The van der Waals surface area contributed by atoms with Gasteiger partial charge in [-0.3, -0.25) is 14.9 Å². The second kappa shape index (κ2) is 6.79. The number of nitro groups is 1. The lowest BCUT2D eigenvalue weighted by atomic mass is 10.1. The molecule has 0 aliphatic carbocycles. The maximum Gasteiger partial charge on any atom is 0.275 e. The van der Waals surface area contributed by atoms with Crippen LogP contribution in [0.1, 0.15) is 15.9 Å². The summed E-state index contributed by atoms with van der Waals surface area (Å²) >= 11 is 0. The van der Waals surface area contributed by atoms with Crippen molar-refractivity contribution in [1.29, 1.82) is 0 Å². The average Bonchev–Trinajstić information content (AvgIpc) is 2.62. The minimum Gasteiger partial charge on any atom is -0.507 e. The smallest absolute Gasteiger partial charge is 0.275 e. The van der Waals surface area contributed by atoms with Crippen molar-refractivity contribution >= 4 is 28.6 Å². The molecule has 7 heteroatoms. The number of non-ortho nitro benzene ring substituents is 1. The molecular weight excluding hydrogens is 322 g/mol. The fraction of sp³-hybridized carbons (Fsp3) is 0. The molecule has 0 heterocycles. The Morgan fingerprint density at radius 3 is 2.68 bits per heavy atom. The molecule has 3 rings (SSSR count). The van der Waals surface area contributed by atoms with Gasteiger partial charge in [0.25, 0.3) is 11.6 Å². The molecule has 0 unspecified atom stereocenters. The Kier molecular flexibility index (Phi) is 4.38. The van der Waals surface area contributed by atoms with Crippen LogP contribution in [0.3, 0.4) is 0 Å². The molecule has 0 radical (unpaired) electrons. The van der Waals surface area contributed by atoms with Crippen molar-refractivity contribution < 1.29 is 14.8 Å². The van der Waals surface area contributed by atoms with Crippen LogP contribution in [0.4, 0.5) is 5.69 Å². The number of carbonyl (C=O) groups is 1. The van der Waals surface area contributed by atoms with E-state index in [0.717, 1.165) is 34.5 Å². The molecule has 0 saturated carbocycles. The Labute approximate surface area is 142 Å². The molecule has 3 aromatic rings. The summed E-state index contributed by atoms with van der Waals surface area (Å²) in [6, 6.07) is 16.6. The van der Waals surface area contributed by atoms with Crippen molar-refractivity contribution in [2.75, 3.05) is 0 Å². The number of benzene rings is 3. The molecule has 1 amide bonds. The zero-order valence-corrected chi connectivity index (χ0v) is 12.9. The highest BCUT2D eigenvalue weighted by Gasteiger charge is 2.16. The number of nitrogens with zero attached hydrogens (tertiary/aromatic N) is 2. The van der Waals surface area contributed by atoms with Gasteiger partial charge in [-0.15, -0.1) is 0 Å². The maximum atomic E-state index is 12.1. The Hall–Kier alpha value is -3.74. The zero-order chi connectivity index (χ0) is 17.8. The summed E-state index contributed by atoms with van der Waals surface area (Å²) in [4.78, 5) is 22.2. The fourth-order valence-electron chi connectivity index (χ4n) is 2.40. The van der Waals surface area contributed by atoms with E-state index in [9.17, 15) is 20.0 Å². The van der Waals surface area contributed by atoms with Gasteiger partial charge in [0, 0.05) is 17.7 Å². The number of phenolic OH excluding ortho intramolecular Hbond substituents is 1. The first-order valence-electron chi connectivity index (χ1n) is 7.35. The summed E-state index contributed by atoms with van der Waals surface area (Å²) < 4.78 is 0. The minimum absolute atomic E-state index is 0.218. The van der Waals surface area contributed by atoms with E-state index in [1.165, 1.54) is 6.21 Å². The Morgan fingerprint density at radius 2 is 1.88 bits per heavy atom. The van der Waals surface area contributed by atoms with Crippen molar-refractivity contribution in [3.8, 4) is 5.75 Å².